The molecule has 1 atom stereocenters. The maximum atomic E-state index is 13.9. The lowest BCUT2D eigenvalue weighted by molar-refractivity contribution is 0.385. The molecular weight excluding hydrogens is 333 g/mol. The molecule has 21 heavy (non-hydrogen) atoms. The van der Waals surface area contributed by atoms with Crippen LogP contribution in [0.1, 0.15) is 24.1 Å². The molecule has 0 aromatic heterocycles. The largest absolute Gasteiger partial charge is 0.494 e. The Bertz CT molecular complexity index is 586. The molecule has 4 heteroatoms. The molecule has 2 aromatic carbocycles. The number of methoxy groups -OCH3 is 1. The summed E-state index contributed by atoms with van der Waals surface area (Å²) in [5, 5.41) is 3.41. The van der Waals surface area contributed by atoms with E-state index in [4.69, 9.17) is 4.74 Å². The van der Waals surface area contributed by atoms with Crippen LogP contribution in [-0.4, -0.2) is 13.7 Å². The lowest BCUT2D eigenvalue weighted by Gasteiger charge is -2.19. The number of ether oxygens (including phenoxy) is 1. The minimum absolute atomic E-state index is 0.0802. The normalized spacial score (nSPS) is 12.2. The minimum atomic E-state index is -0.325. The van der Waals surface area contributed by atoms with E-state index in [0.717, 1.165) is 23.0 Å². The molecular formula is C17H19BrFNO. The molecule has 0 saturated heterocycles. The van der Waals surface area contributed by atoms with Crippen LogP contribution in [0.2, 0.25) is 0 Å². The molecule has 0 bridgehead atoms. The summed E-state index contributed by atoms with van der Waals surface area (Å²) in [4.78, 5) is 0. The van der Waals surface area contributed by atoms with Gasteiger partial charge >= 0.3 is 0 Å². The average Bonchev–Trinajstić information content (AvgIpc) is 2.49. The van der Waals surface area contributed by atoms with Crippen LogP contribution >= 0.6 is 15.9 Å². The number of halogens is 2. The molecule has 2 nitrogen and oxygen atoms in total. The summed E-state index contributed by atoms with van der Waals surface area (Å²) in [5.41, 5.74) is 2.14. The number of nitrogens with one attached hydrogen (secondary N) is 1. The maximum absolute atomic E-state index is 13.9. The summed E-state index contributed by atoms with van der Waals surface area (Å²) < 4.78 is 19.9. The molecule has 0 aliphatic rings. The van der Waals surface area contributed by atoms with Crippen LogP contribution in [0.25, 0.3) is 0 Å². The molecule has 1 unspecified atom stereocenters. The van der Waals surface area contributed by atoms with Crippen molar-refractivity contribution in [1.82, 2.24) is 5.32 Å². The first kappa shape index (κ1) is 16.0. The van der Waals surface area contributed by atoms with Crippen LogP contribution in [-0.2, 0) is 6.42 Å². The number of hydrogen-bond donors (Lipinski definition) is 1. The van der Waals surface area contributed by atoms with E-state index in [1.54, 1.807) is 12.1 Å². The lowest BCUT2D eigenvalue weighted by Crippen LogP contribution is -2.23. The Morgan fingerprint density at radius 3 is 2.48 bits per heavy atom. The summed E-state index contributed by atoms with van der Waals surface area (Å²) in [6, 6.07) is 13.4. The first-order chi connectivity index (χ1) is 10.1. The maximum Gasteiger partial charge on any atom is 0.165 e. The quantitative estimate of drug-likeness (QED) is 0.827. The first-order valence-electron chi connectivity index (χ1n) is 6.95. The summed E-state index contributed by atoms with van der Waals surface area (Å²) >= 11 is 3.43. The van der Waals surface area contributed by atoms with Gasteiger partial charge in [-0.2, -0.15) is 0 Å². The predicted octanol–water partition coefficient (Wildman–Crippen LogP) is 4.49. The summed E-state index contributed by atoms with van der Waals surface area (Å²) in [6.07, 6.45) is 0.812. The van der Waals surface area contributed by atoms with Gasteiger partial charge in [-0.1, -0.05) is 41.1 Å². The van der Waals surface area contributed by atoms with Crippen molar-refractivity contribution in [2.24, 2.45) is 0 Å². The number of rotatable bonds is 6. The van der Waals surface area contributed by atoms with Gasteiger partial charge in [0.25, 0.3) is 0 Å². The van der Waals surface area contributed by atoms with E-state index >= 15 is 0 Å². The SMILES string of the molecule is CCNC(Cc1ccc(Br)cc1)c1ccc(OC)c(F)c1. The van der Waals surface area contributed by atoms with Gasteiger partial charge in [-0.25, -0.2) is 4.39 Å². The minimum Gasteiger partial charge on any atom is -0.494 e. The Morgan fingerprint density at radius 1 is 1.19 bits per heavy atom. The van der Waals surface area contributed by atoms with Crippen LogP contribution in [0.5, 0.6) is 5.75 Å². The Hall–Kier alpha value is -1.39. The molecule has 1 N–H and O–H groups in total. The van der Waals surface area contributed by atoms with Crippen molar-refractivity contribution in [1.29, 1.82) is 0 Å². The van der Waals surface area contributed by atoms with Gasteiger partial charge in [0, 0.05) is 10.5 Å². The smallest absolute Gasteiger partial charge is 0.165 e. The summed E-state index contributed by atoms with van der Waals surface area (Å²) in [7, 11) is 1.47. The third kappa shape index (κ3) is 4.29. The predicted molar refractivity (Wildman–Crippen MR) is 87.2 cm³/mol. The lowest BCUT2D eigenvalue weighted by atomic mass is 9.98. The molecule has 0 saturated carbocycles. The first-order valence-corrected chi connectivity index (χ1v) is 7.74. The molecule has 112 valence electrons. The van der Waals surface area contributed by atoms with E-state index in [-0.39, 0.29) is 17.6 Å². The van der Waals surface area contributed by atoms with Gasteiger partial charge in [-0.3, -0.25) is 0 Å². The highest BCUT2D eigenvalue weighted by atomic mass is 79.9. The fourth-order valence-electron chi connectivity index (χ4n) is 2.31. The van der Waals surface area contributed by atoms with Crippen molar-refractivity contribution >= 4 is 15.9 Å². The molecule has 0 amide bonds. The number of likely N-dealkylation sites (N-methyl/N-ethyl adjacent to an activating group) is 1. The zero-order chi connectivity index (χ0) is 15.2. The van der Waals surface area contributed by atoms with Gasteiger partial charge in [-0.05, 0) is 48.4 Å². The molecule has 0 fully saturated rings. The van der Waals surface area contributed by atoms with Gasteiger partial charge in [0.1, 0.15) is 0 Å². The van der Waals surface area contributed by atoms with E-state index in [1.807, 2.05) is 18.2 Å². The van der Waals surface area contributed by atoms with Crippen LogP contribution in [0, 0.1) is 5.82 Å². The van der Waals surface area contributed by atoms with Crippen molar-refractivity contribution in [3.63, 3.8) is 0 Å². The topological polar surface area (TPSA) is 21.3 Å². The van der Waals surface area contributed by atoms with Crippen molar-refractivity contribution < 1.29 is 9.13 Å². The number of benzene rings is 2. The molecule has 2 aromatic rings. The second-order valence-corrected chi connectivity index (χ2v) is 5.75. The van der Waals surface area contributed by atoms with E-state index in [2.05, 4.69) is 40.3 Å². The molecule has 0 aliphatic carbocycles. The Kier molecular flexibility index (Phi) is 5.76. The molecule has 0 aliphatic heterocycles. The van der Waals surface area contributed by atoms with Crippen LogP contribution in [0.4, 0.5) is 4.39 Å². The molecule has 0 heterocycles. The monoisotopic (exact) mass is 351 g/mol. The fraction of sp³-hybridized carbons (Fsp3) is 0.294. The second kappa shape index (κ2) is 7.57. The third-order valence-corrected chi connectivity index (χ3v) is 3.91. The van der Waals surface area contributed by atoms with Gasteiger partial charge < -0.3 is 10.1 Å². The number of hydrogen-bond acceptors (Lipinski definition) is 2. The van der Waals surface area contributed by atoms with Gasteiger partial charge in [0.05, 0.1) is 7.11 Å². The van der Waals surface area contributed by atoms with Crippen molar-refractivity contribution in [2.45, 2.75) is 19.4 Å². The zero-order valence-electron chi connectivity index (χ0n) is 12.2. The highest BCUT2D eigenvalue weighted by Crippen LogP contribution is 2.24. The van der Waals surface area contributed by atoms with Crippen molar-refractivity contribution in [3.05, 3.63) is 63.9 Å². The standard InChI is InChI=1S/C17H19BrFNO/c1-3-20-16(10-12-4-7-14(18)8-5-12)13-6-9-17(21-2)15(19)11-13/h4-9,11,16,20H,3,10H2,1-2H3. The average molecular weight is 352 g/mol. The molecule has 2 rings (SSSR count). The van der Waals surface area contributed by atoms with E-state index < -0.39 is 0 Å². The van der Waals surface area contributed by atoms with E-state index in [9.17, 15) is 4.39 Å². The van der Waals surface area contributed by atoms with Crippen molar-refractivity contribution in [3.8, 4) is 5.75 Å². The van der Waals surface area contributed by atoms with Gasteiger partial charge in [0.15, 0.2) is 11.6 Å². The van der Waals surface area contributed by atoms with Crippen LogP contribution in [0.15, 0.2) is 46.9 Å². The third-order valence-electron chi connectivity index (χ3n) is 3.38. The Balaban J connectivity index is 2.21. The van der Waals surface area contributed by atoms with Crippen molar-refractivity contribution in [2.75, 3.05) is 13.7 Å². The Labute approximate surface area is 133 Å². The second-order valence-electron chi connectivity index (χ2n) is 4.83. The van der Waals surface area contributed by atoms with Crippen LogP contribution < -0.4 is 10.1 Å². The highest BCUT2D eigenvalue weighted by Gasteiger charge is 2.14. The Morgan fingerprint density at radius 2 is 1.90 bits per heavy atom. The van der Waals surface area contributed by atoms with E-state index in [0.29, 0.717) is 0 Å². The highest BCUT2D eigenvalue weighted by molar-refractivity contribution is 9.10. The summed E-state index contributed by atoms with van der Waals surface area (Å²) in [5.74, 6) is -0.0497. The van der Waals surface area contributed by atoms with Crippen LogP contribution in [0.3, 0.4) is 0 Å². The molecule has 0 spiro atoms. The molecule has 0 radical (unpaired) electrons. The summed E-state index contributed by atoms with van der Waals surface area (Å²) in [6.45, 7) is 2.88. The van der Waals surface area contributed by atoms with E-state index in [1.165, 1.54) is 12.7 Å². The zero-order valence-corrected chi connectivity index (χ0v) is 13.8. The van der Waals surface area contributed by atoms with Gasteiger partial charge in [0.2, 0.25) is 0 Å². The fourth-order valence-corrected chi connectivity index (χ4v) is 2.57. The van der Waals surface area contributed by atoms with Gasteiger partial charge in [-0.15, -0.1) is 0 Å².